The highest BCUT2D eigenvalue weighted by Crippen LogP contribution is 2.57. The number of hydrogen-bond donors (Lipinski definition) is 1. The first-order chi connectivity index (χ1) is 14.9. The van der Waals surface area contributed by atoms with Crippen LogP contribution in [0.2, 0.25) is 0 Å². The summed E-state index contributed by atoms with van der Waals surface area (Å²) in [7, 11) is 1.67. The maximum Gasteiger partial charge on any atom is 0.365 e. The molecule has 0 radical (unpaired) electrons. The number of nitrogens with zero attached hydrogens (tertiary/aromatic N) is 3. The molecule has 1 N–H and O–H groups in total. The Morgan fingerprint density at radius 2 is 2.06 bits per heavy atom. The molecule has 0 atom stereocenters. The molecule has 0 saturated carbocycles. The van der Waals surface area contributed by atoms with Crippen molar-refractivity contribution in [2.75, 3.05) is 7.11 Å². The molecular formula is C21H19Cl2N4O2PS. The van der Waals surface area contributed by atoms with Crippen molar-refractivity contribution in [1.29, 1.82) is 0 Å². The van der Waals surface area contributed by atoms with Crippen molar-refractivity contribution >= 4 is 60.9 Å². The number of rotatable bonds is 2. The van der Waals surface area contributed by atoms with Gasteiger partial charge in [-0.05, 0) is 83.9 Å². The van der Waals surface area contributed by atoms with Gasteiger partial charge in [0.15, 0.2) is 5.82 Å². The average molecular weight is 493 g/mol. The van der Waals surface area contributed by atoms with Crippen molar-refractivity contribution in [3.63, 3.8) is 0 Å². The van der Waals surface area contributed by atoms with E-state index in [1.54, 1.807) is 18.4 Å². The molecule has 4 heterocycles. The molecule has 160 valence electrons. The lowest BCUT2D eigenvalue weighted by Gasteiger charge is -2.20. The average Bonchev–Trinajstić information content (AvgIpc) is 3.30. The maximum absolute atomic E-state index is 12.4. The molecule has 1 aromatic carbocycles. The SMILES string of the molecule is COc1ccc2[nH]c3c(c2c1)CCn1c-3nc2sc3c(c2c1=NP(=O)(Cl)Cl)CCCC3. The smallest absolute Gasteiger partial charge is 0.365 e. The van der Waals surface area contributed by atoms with Crippen molar-refractivity contribution in [2.45, 2.75) is 38.6 Å². The lowest BCUT2D eigenvalue weighted by atomic mass is 9.97. The number of aromatic nitrogens is 3. The quantitative estimate of drug-likeness (QED) is 0.339. The van der Waals surface area contributed by atoms with E-state index in [4.69, 9.17) is 32.2 Å². The molecule has 0 spiro atoms. The molecule has 6 nitrogen and oxygen atoms in total. The van der Waals surface area contributed by atoms with Crippen LogP contribution in [0.1, 0.15) is 28.8 Å². The Bertz CT molecular complexity index is 1500. The topological polar surface area (TPSA) is 72.3 Å². The monoisotopic (exact) mass is 492 g/mol. The van der Waals surface area contributed by atoms with Gasteiger partial charge in [-0.1, -0.05) is 0 Å². The largest absolute Gasteiger partial charge is 0.497 e. The fraction of sp³-hybridized carbons (Fsp3) is 0.333. The summed E-state index contributed by atoms with van der Waals surface area (Å²) in [6.45, 7) is 0.659. The summed E-state index contributed by atoms with van der Waals surface area (Å²) in [5.41, 5.74) is 5.05. The van der Waals surface area contributed by atoms with Crippen LogP contribution < -0.4 is 10.2 Å². The Hall–Kier alpha value is -1.79. The fourth-order valence-electron chi connectivity index (χ4n) is 4.90. The standard InChI is InChI=1S/C21H19Cl2N4O2PS/c1-29-11-6-7-15-14(10-11)12-8-9-27-19(26-30(22,23)28)17-13-4-2-3-5-16(13)31-21(17)25-20(27)18(12)24-15/h6-7,10,24H,2-5,8-9H2,1H3. The third-order valence-electron chi connectivity index (χ3n) is 6.23. The van der Waals surface area contributed by atoms with Crippen molar-refractivity contribution in [3.05, 3.63) is 39.7 Å². The number of aromatic amines is 1. The first-order valence-electron chi connectivity index (χ1n) is 10.2. The van der Waals surface area contributed by atoms with Crippen molar-refractivity contribution < 1.29 is 9.30 Å². The molecule has 3 aromatic heterocycles. The van der Waals surface area contributed by atoms with E-state index >= 15 is 0 Å². The van der Waals surface area contributed by atoms with Crippen molar-refractivity contribution in [2.24, 2.45) is 4.76 Å². The van der Waals surface area contributed by atoms with Crippen LogP contribution >= 0.6 is 39.8 Å². The van der Waals surface area contributed by atoms with Gasteiger partial charge in [-0.2, -0.15) is 4.76 Å². The first-order valence-corrected chi connectivity index (χ1v) is 14.5. The minimum absolute atomic E-state index is 0.592. The molecule has 1 aliphatic carbocycles. The van der Waals surface area contributed by atoms with Gasteiger partial charge < -0.3 is 14.3 Å². The number of ether oxygens (including phenoxy) is 1. The number of aryl methyl sites for hydroxylation is 3. The maximum atomic E-state index is 12.4. The Kier molecular flexibility index (Phi) is 4.55. The van der Waals surface area contributed by atoms with Crippen molar-refractivity contribution in [3.8, 4) is 17.3 Å². The van der Waals surface area contributed by atoms with Gasteiger partial charge in [0.2, 0.25) is 0 Å². The lowest BCUT2D eigenvalue weighted by Crippen LogP contribution is -2.28. The van der Waals surface area contributed by atoms with Crippen LogP contribution in [0.15, 0.2) is 23.0 Å². The summed E-state index contributed by atoms with van der Waals surface area (Å²) in [5, 5.41) is 2.10. The number of thiophene rings is 1. The lowest BCUT2D eigenvalue weighted by molar-refractivity contribution is 0.415. The number of benzene rings is 1. The van der Waals surface area contributed by atoms with Gasteiger partial charge in [0.1, 0.15) is 16.1 Å². The molecule has 10 heteroatoms. The van der Waals surface area contributed by atoms with E-state index in [0.29, 0.717) is 12.0 Å². The van der Waals surface area contributed by atoms with Crippen LogP contribution in [0.3, 0.4) is 0 Å². The predicted molar refractivity (Wildman–Crippen MR) is 127 cm³/mol. The summed E-state index contributed by atoms with van der Waals surface area (Å²) in [6, 6.07) is 6.02. The number of methoxy groups -OCH3 is 1. The summed E-state index contributed by atoms with van der Waals surface area (Å²) in [6.07, 6.45) is 5.12. The molecule has 0 amide bonds. The van der Waals surface area contributed by atoms with E-state index in [9.17, 15) is 4.57 Å². The zero-order chi connectivity index (χ0) is 21.3. The van der Waals surface area contributed by atoms with E-state index in [0.717, 1.165) is 64.1 Å². The van der Waals surface area contributed by atoms with Crippen LogP contribution in [0.5, 0.6) is 5.75 Å². The number of H-pyrrole nitrogens is 1. The van der Waals surface area contributed by atoms with Gasteiger partial charge in [-0.3, -0.25) is 4.57 Å². The third-order valence-corrected chi connectivity index (χ3v) is 8.29. The number of hydrogen-bond acceptors (Lipinski definition) is 4. The Morgan fingerprint density at radius 1 is 1.23 bits per heavy atom. The van der Waals surface area contributed by atoms with Crippen LogP contribution in [0, 0.1) is 0 Å². The molecule has 0 unspecified atom stereocenters. The van der Waals surface area contributed by atoms with Gasteiger partial charge in [0.25, 0.3) is 0 Å². The summed E-state index contributed by atoms with van der Waals surface area (Å²) in [4.78, 5) is 10.8. The van der Waals surface area contributed by atoms with E-state index in [1.165, 1.54) is 22.4 Å². The highest BCUT2D eigenvalue weighted by Gasteiger charge is 2.28. The molecule has 31 heavy (non-hydrogen) atoms. The molecular weight excluding hydrogens is 474 g/mol. The highest BCUT2D eigenvalue weighted by atomic mass is 35.9. The predicted octanol–water partition coefficient (Wildman–Crippen LogP) is 6.18. The van der Waals surface area contributed by atoms with Crippen LogP contribution in [0.25, 0.3) is 32.6 Å². The Balaban J connectivity index is 1.71. The molecule has 0 bridgehead atoms. The summed E-state index contributed by atoms with van der Waals surface area (Å²) < 4.78 is 24.2. The van der Waals surface area contributed by atoms with Gasteiger partial charge in [-0.25, -0.2) is 4.98 Å². The van der Waals surface area contributed by atoms with Gasteiger partial charge in [-0.15, -0.1) is 11.3 Å². The molecule has 0 fully saturated rings. The number of fused-ring (bicyclic) bond motifs is 8. The zero-order valence-corrected chi connectivity index (χ0v) is 20.0. The van der Waals surface area contributed by atoms with Crippen molar-refractivity contribution in [1.82, 2.24) is 14.5 Å². The van der Waals surface area contributed by atoms with Gasteiger partial charge >= 0.3 is 6.00 Å². The normalized spacial score (nSPS) is 16.4. The van der Waals surface area contributed by atoms with E-state index in [-0.39, 0.29) is 0 Å². The van der Waals surface area contributed by atoms with Crippen LogP contribution in [-0.4, -0.2) is 21.6 Å². The highest BCUT2D eigenvalue weighted by molar-refractivity contribution is 8.07. The molecule has 4 aromatic rings. The molecule has 2 aliphatic rings. The number of halogens is 2. The second-order valence-corrected chi connectivity index (χ2v) is 13.4. The Morgan fingerprint density at radius 3 is 2.87 bits per heavy atom. The second kappa shape index (κ2) is 7.11. The first kappa shape index (κ1) is 19.9. The van der Waals surface area contributed by atoms with Gasteiger partial charge in [0.05, 0.1) is 18.2 Å². The minimum atomic E-state index is -3.67. The van der Waals surface area contributed by atoms with E-state index in [1.807, 2.05) is 16.7 Å². The summed E-state index contributed by atoms with van der Waals surface area (Å²) in [5.74, 6) is -2.07. The van der Waals surface area contributed by atoms with Gasteiger partial charge in [0, 0.05) is 22.3 Å². The molecule has 1 aliphatic heterocycles. The molecule has 6 rings (SSSR count). The van der Waals surface area contributed by atoms with Crippen LogP contribution in [0.4, 0.5) is 0 Å². The van der Waals surface area contributed by atoms with E-state index in [2.05, 4.69) is 15.8 Å². The minimum Gasteiger partial charge on any atom is -0.497 e. The summed E-state index contributed by atoms with van der Waals surface area (Å²) >= 11 is 13.6. The second-order valence-electron chi connectivity index (χ2n) is 7.98. The molecule has 0 saturated heterocycles. The zero-order valence-electron chi connectivity index (χ0n) is 16.7. The Labute approximate surface area is 191 Å². The van der Waals surface area contributed by atoms with Crippen LogP contribution in [-0.2, 0) is 30.4 Å². The fourth-order valence-corrected chi connectivity index (χ4v) is 7.01. The van der Waals surface area contributed by atoms with E-state index < -0.39 is 6.00 Å². The number of nitrogens with one attached hydrogen (secondary N) is 1. The third kappa shape index (κ3) is 3.17.